The Hall–Kier alpha value is -2.21. The zero-order valence-corrected chi connectivity index (χ0v) is 13.4. The zero-order valence-electron chi connectivity index (χ0n) is 13.4. The summed E-state index contributed by atoms with van der Waals surface area (Å²) in [7, 11) is 0. The molecule has 0 bridgehead atoms. The van der Waals surface area contributed by atoms with Crippen LogP contribution in [0.4, 0.5) is 0 Å². The molecule has 6 heteroatoms. The quantitative estimate of drug-likeness (QED) is 0.849. The maximum Gasteiger partial charge on any atom is 0.255 e. The molecule has 1 amide bonds. The maximum atomic E-state index is 12.6. The van der Waals surface area contributed by atoms with Crippen molar-refractivity contribution < 1.29 is 9.53 Å². The number of carbonyl (C=O) groups is 1. The van der Waals surface area contributed by atoms with Crippen LogP contribution in [0.25, 0.3) is 5.82 Å². The number of ether oxygens (including phenoxy) is 1. The summed E-state index contributed by atoms with van der Waals surface area (Å²) in [6.07, 6.45) is 10.0. The lowest BCUT2D eigenvalue weighted by molar-refractivity contribution is 0.00210. The van der Waals surface area contributed by atoms with Crippen molar-refractivity contribution >= 4 is 5.91 Å². The average Bonchev–Trinajstić information content (AvgIpc) is 3.14. The van der Waals surface area contributed by atoms with Crippen molar-refractivity contribution in [1.29, 1.82) is 0 Å². The van der Waals surface area contributed by atoms with E-state index in [4.69, 9.17) is 4.74 Å². The van der Waals surface area contributed by atoms with Crippen LogP contribution in [0.3, 0.4) is 0 Å². The Labute approximate surface area is 136 Å². The summed E-state index contributed by atoms with van der Waals surface area (Å²) < 4.78 is 7.61. The number of aromatic nitrogens is 3. The fourth-order valence-electron chi connectivity index (χ4n) is 2.79. The minimum atomic E-state index is 0.0273. The minimum Gasteiger partial charge on any atom is -0.376 e. The van der Waals surface area contributed by atoms with E-state index < -0.39 is 0 Å². The van der Waals surface area contributed by atoms with Gasteiger partial charge in [0.25, 0.3) is 5.91 Å². The third-order valence-corrected chi connectivity index (χ3v) is 3.99. The molecule has 0 aliphatic carbocycles. The van der Waals surface area contributed by atoms with E-state index >= 15 is 0 Å². The lowest BCUT2D eigenvalue weighted by Gasteiger charge is -2.32. The molecule has 1 aliphatic heterocycles. The van der Waals surface area contributed by atoms with Crippen molar-refractivity contribution in [3.63, 3.8) is 0 Å². The Bertz CT molecular complexity index is 625. The van der Waals surface area contributed by atoms with Crippen LogP contribution in [-0.4, -0.2) is 51.1 Å². The second kappa shape index (κ2) is 7.37. The van der Waals surface area contributed by atoms with Gasteiger partial charge in [0.2, 0.25) is 0 Å². The molecule has 2 aromatic heterocycles. The molecule has 1 saturated heterocycles. The molecule has 23 heavy (non-hydrogen) atoms. The molecule has 0 radical (unpaired) electrons. The SMILES string of the molecule is CCCO[C@H]1CCCN(C(=O)c2ccc(-n3ccnc3)nc2)C1. The first-order chi connectivity index (χ1) is 11.3. The number of rotatable bonds is 5. The van der Waals surface area contributed by atoms with Gasteiger partial charge in [-0.2, -0.15) is 0 Å². The molecule has 0 aromatic carbocycles. The van der Waals surface area contributed by atoms with Crippen molar-refractivity contribution in [3.8, 4) is 5.82 Å². The Morgan fingerprint density at radius 3 is 3.04 bits per heavy atom. The van der Waals surface area contributed by atoms with E-state index in [2.05, 4.69) is 16.9 Å². The molecule has 122 valence electrons. The van der Waals surface area contributed by atoms with Gasteiger partial charge in [-0.3, -0.25) is 9.36 Å². The number of carbonyl (C=O) groups excluding carboxylic acids is 1. The van der Waals surface area contributed by atoms with Crippen LogP contribution in [-0.2, 0) is 4.74 Å². The molecule has 1 aliphatic rings. The van der Waals surface area contributed by atoms with Gasteiger partial charge >= 0.3 is 0 Å². The average molecular weight is 314 g/mol. The number of hydrogen-bond donors (Lipinski definition) is 0. The van der Waals surface area contributed by atoms with E-state index in [9.17, 15) is 4.79 Å². The van der Waals surface area contributed by atoms with Crippen molar-refractivity contribution in [2.45, 2.75) is 32.3 Å². The van der Waals surface area contributed by atoms with Gasteiger partial charge in [0.05, 0.1) is 11.7 Å². The first-order valence-electron chi connectivity index (χ1n) is 8.13. The molecular weight excluding hydrogens is 292 g/mol. The van der Waals surface area contributed by atoms with E-state index in [1.54, 1.807) is 18.7 Å². The first kappa shape index (κ1) is 15.7. The Balaban J connectivity index is 1.65. The lowest BCUT2D eigenvalue weighted by atomic mass is 10.1. The van der Waals surface area contributed by atoms with Crippen LogP contribution in [0.5, 0.6) is 0 Å². The van der Waals surface area contributed by atoms with Gasteiger partial charge in [0.15, 0.2) is 0 Å². The van der Waals surface area contributed by atoms with Crippen LogP contribution in [0.1, 0.15) is 36.5 Å². The van der Waals surface area contributed by atoms with Gasteiger partial charge in [0, 0.05) is 38.3 Å². The summed E-state index contributed by atoms with van der Waals surface area (Å²) in [6.45, 7) is 4.31. The number of likely N-dealkylation sites (tertiary alicyclic amines) is 1. The van der Waals surface area contributed by atoms with Crippen molar-refractivity contribution in [1.82, 2.24) is 19.4 Å². The van der Waals surface area contributed by atoms with Gasteiger partial charge in [-0.25, -0.2) is 9.97 Å². The van der Waals surface area contributed by atoms with Gasteiger partial charge in [-0.05, 0) is 31.4 Å². The highest BCUT2D eigenvalue weighted by atomic mass is 16.5. The number of imidazole rings is 1. The van der Waals surface area contributed by atoms with E-state index in [1.165, 1.54) is 0 Å². The highest BCUT2D eigenvalue weighted by molar-refractivity contribution is 5.94. The summed E-state index contributed by atoms with van der Waals surface area (Å²) in [4.78, 5) is 22.8. The Morgan fingerprint density at radius 1 is 1.43 bits per heavy atom. The fraction of sp³-hybridized carbons (Fsp3) is 0.471. The molecule has 3 heterocycles. The van der Waals surface area contributed by atoms with E-state index in [0.29, 0.717) is 12.1 Å². The van der Waals surface area contributed by atoms with Gasteiger partial charge in [0.1, 0.15) is 12.1 Å². The molecule has 6 nitrogen and oxygen atoms in total. The number of piperidine rings is 1. The van der Waals surface area contributed by atoms with Gasteiger partial charge in [-0.15, -0.1) is 0 Å². The monoisotopic (exact) mass is 314 g/mol. The first-order valence-corrected chi connectivity index (χ1v) is 8.13. The van der Waals surface area contributed by atoms with Crippen LogP contribution in [0.15, 0.2) is 37.1 Å². The van der Waals surface area contributed by atoms with E-state index in [1.807, 2.05) is 27.8 Å². The minimum absolute atomic E-state index is 0.0273. The third kappa shape index (κ3) is 3.76. The number of nitrogens with zero attached hydrogens (tertiary/aromatic N) is 4. The second-order valence-electron chi connectivity index (χ2n) is 5.76. The molecule has 2 aromatic rings. The molecule has 3 rings (SSSR count). The molecule has 1 atom stereocenters. The fourth-order valence-corrected chi connectivity index (χ4v) is 2.79. The number of pyridine rings is 1. The van der Waals surface area contributed by atoms with Crippen molar-refractivity contribution in [2.24, 2.45) is 0 Å². The smallest absolute Gasteiger partial charge is 0.255 e. The molecule has 0 N–H and O–H groups in total. The molecular formula is C17H22N4O2. The molecule has 0 saturated carbocycles. The van der Waals surface area contributed by atoms with Crippen LogP contribution in [0, 0.1) is 0 Å². The highest BCUT2D eigenvalue weighted by Crippen LogP contribution is 2.16. The van der Waals surface area contributed by atoms with Crippen LogP contribution in [0.2, 0.25) is 0 Å². The van der Waals surface area contributed by atoms with Gasteiger partial charge < -0.3 is 9.64 Å². The summed E-state index contributed by atoms with van der Waals surface area (Å²) >= 11 is 0. The van der Waals surface area contributed by atoms with E-state index in [-0.39, 0.29) is 12.0 Å². The largest absolute Gasteiger partial charge is 0.376 e. The predicted molar refractivity (Wildman–Crippen MR) is 86.5 cm³/mol. The number of hydrogen-bond acceptors (Lipinski definition) is 4. The standard InChI is InChI=1S/C17H22N4O2/c1-2-10-23-15-4-3-8-20(12-15)17(22)14-5-6-16(19-11-14)21-9-7-18-13-21/h5-7,9,11,13,15H,2-4,8,10,12H2,1H3/t15-/m0/s1. The zero-order chi connectivity index (χ0) is 16.1. The second-order valence-corrected chi connectivity index (χ2v) is 5.76. The highest BCUT2D eigenvalue weighted by Gasteiger charge is 2.25. The van der Waals surface area contributed by atoms with Crippen molar-refractivity contribution in [2.75, 3.05) is 19.7 Å². The maximum absolute atomic E-state index is 12.6. The molecule has 0 unspecified atom stereocenters. The normalized spacial score (nSPS) is 18.1. The summed E-state index contributed by atoms with van der Waals surface area (Å²) in [6, 6.07) is 3.66. The van der Waals surface area contributed by atoms with Crippen LogP contribution >= 0.6 is 0 Å². The van der Waals surface area contributed by atoms with E-state index in [0.717, 1.165) is 38.2 Å². The Kier molecular flexibility index (Phi) is 5.02. The molecule has 1 fully saturated rings. The summed E-state index contributed by atoms with van der Waals surface area (Å²) in [5.41, 5.74) is 0.616. The summed E-state index contributed by atoms with van der Waals surface area (Å²) in [5.74, 6) is 0.779. The van der Waals surface area contributed by atoms with Gasteiger partial charge in [-0.1, -0.05) is 6.92 Å². The van der Waals surface area contributed by atoms with Crippen LogP contribution < -0.4 is 0 Å². The predicted octanol–water partition coefficient (Wildman–Crippen LogP) is 2.30. The Morgan fingerprint density at radius 2 is 2.35 bits per heavy atom. The third-order valence-electron chi connectivity index (χ3n) is 3.99. The summed E-state index contributed by atoms with van der Waals surface area (Å²) in [5, 5.41) is 0. The molecule has 0 spiro atoms. The van der Waals surface area contributed by atoms with Crippen molar-refractivity contribution in [3.05, 3.63) is 42.6 Å². The number of amides is 1. The lowest BCUT2D eigenvalue weighted by Crippen LogP contribution is -2.43. The topological polar surface area (TPSA) is 60.2 Å².